The number of aromatic nitrogens is 1. The van der Waals surface area contributed by atoms with Crippen LogP contribution in [-0.2, 0) is 21.1 Å². The lowest BCUT2D eigenvalue weighted by atomic mass is 10.1. The molecule has 0 fully saturated rings. The van der Waals surface area contributed by atoms with E-state index < -0.39 is 9.84 Å². The molecule has 0 atom stereocenters. The number of hydrogen-bond acceptors (Lipinski definition) is 7. The molecule has 1 heterocycles. The average Bonchev–Trinajstić information content (AvgIpc) is 3.10. The van der Waals surface area contributed by atoms with Crippen molar-refractivity contribution < 1.29 is 13.2 Å². The van der Waals surface area contributed by atoms with Crippen molar-refractivity contribution in [1.82, 2.24) is 9.88 Å². The van der Waals surface area contributed by atoms with Crippen molar-refractivity contribution in [2.75, 3.05) is 44.6 Å². The highest BCUT2D eigenvalue weighted by Crippen LogP contribution is 2.31. The summed E-state index contributed by atoms with van der Waals surface area (Å²) in [4.78, 5) is 22.9. The molecular weight excluding hydrogens is 438 g/mol. The average molecular weight is 464 g/mol. The summed E-state index contributed by atoms with van der Waals surface area (Å²) in [6, 6.07) is 12.9. The second kappa shape index (κ2) is 9.47. The summed E-state index contributed by atoms with van der Waals surface area (Å²) in [6.07, 6.45) is 3.49. The van der Waals surface area contributed by atoms with E-state index in [0.29, 0.717) is 23.7 Å². The van der Waals surface area contributed by atoms with Gasteiger partial charge in [-0.15, -0.1) is 11.8 Å². The minimum absolute atomic E-state index is 0.0313. The Bertz CT molecular complexity index is 1140. The number of fused-ring (bicyclic) bond motifs is 1. The van der Waals surface area contributed by atoms with E-state index in [1.54, 1.807) is 34.9 Å². The third kappa shape index (κ3) is 5.60. The van der Waals surface area contributed by atoms with Gasteiger partial charge in [0, 0.05) is 24.2 Å². The molecule has 0 aliphatic carbocycles. The molecule has 0 saturated carbocycles. The Morgan fingerprint density at radius 1 is 1.10 bits per heavy atom. The van der Waals surface area contributed by atoms with Crippen LogP contribution >= 0.6 is 23.1 Å². The van der Waals surface area contributed by atoms with Gasteiger partial charge in [-0.05, 0) is 56.2 Å². The number of carbonyl (C=O) groups is 1. The van der Waals surface area contributed by atoms with Crippen LogP contribution in [0.25, 0.3) is 10.2 Å². The first-order valence-corrected chi connectivity index (χ1v) is 13.3. The molecule has 3 rings (SSSR count). The van der Waals surface area contributed by atoms with Gasteiger partial charge in [0.15, 0.2) is 15.0 Å². The Morgan fingerprint density at radius 2 is 1.80 bits per heavy atom. The highest BCUT2D eigenvalue weighted by Gasteiger charge is 2.21. The number of rotatable bonds is 8. The van der Waals surface area contributed by atoms with Crippen molar-refractivity contribution in [2.24, 2.45) is 0 Å². The second-order valence-electron chi connectivity index (χ2n) is 7.27. The van der Waals surface area contributed by atoms with E-state index in [9.17, 15) is 13.2 Å². The van der Waals surface area contributed by atoms with Crippen molar-refractivity contribution >= 4 is 54.2 Å². The number of carbonyl (C=O) groups excluding carboxylic acids is 1. The van der Waals surface area contributed by atoms with Crippen LogP contribution in [0.5, 0.6) is 0 Å². The van der Waals surface area contributed by atoms with Gasteiger partial charge in [-0.25, -0.2) is 13.4 Å². The summed E-state index contributed by atoms with van der Waals surface area (Å²) < 4.78 is 24.5. The predicted octanol–water partition coefficient (Wildman–Crippen LogP) is 3.56. The van der Waals surface area contributed by atoms with E-state index in [2.05, 4.69) is 4.98 Å². The molecule has 1 aromatic heterocycles. The Morgan fingerprint density at radius 3 is 2.40 bits per heavy atom. The summed E-state index contributed by atoms with van der Waals surface area (Å²) in [7, 11) is 0.618. The van der Waals surface area contributed by atoms with Crippen LogP contribution in [-0.4, -0.2) is 63.9 Å². The second-order valence-corrected chi connectivity index (χ2v) is 11.2. The molecule has 1 amide bonds. The molecule has 2 aromatic carbocycles. The summed E-state index contributed by atoms with van der Waals surface area (Å²) in [6.45, 7) is 1.20. The van der Waals surface area contributed by atoms with E-state index in [1.807, 2.05) is 49.5 Å². The number of anilines is 1. The number of amides is 1. The molecule has 30 heavy (non-hydrogen) atoms. The molecule has 3 aromatic rings. The number of benzene rings is 2. The molecule has 6 nitrogen and oxygen atoms in total. The zero-order valence-electron chi connectivity index (χ0n) is 17.5. The van der Waals surface area contributed by atoms with Crippen LogP contribution in [0, 0.1) is 0 Å². The van der Waals surface area contributed by atoms with Gasteiger partial charge in [0.1, 0.15) is 0 Å². The third-order valence-electron chi connectivity index (χ3n) is 4.59. The molecule has 0 N–H and O–H groups in total. The molecule has 0 bridgehead atoms. The number of thiazole rings is 1. The first kappa shape index (κ1) is 22.7. The SMILES string of the molecule is CSc1ccc(CC(=O)N(CCN(C)C)c2nc3ccc(S(C)(=O)=O)cc3s2)cc1. The Labute approximate surface area is 185 Å². The van der Waals surface area contributed by atoms with Gasteiger partial charge in [-0.2, -0.15) is 0 Å². The molecule has 0 spiro atoms. The molecule has 0 radical (unpaired) electrons. The van der Waals surface area contributed by atoms with Gasteiger partial charge >= 0.3 is 0 Å². The van der Waals surface area contributed by atoms with Gasteiger partial charge in [0.05, 0.1) is 21.5 Å². The lowest BCUT2D eigenvalue weighted by Gasteiger charge is -2.22. The fraction of sp³-hybridized carbons (Fsp3) is 0.333. The highest BCUT2D eigenvalue weighted by molar-refractivity contribution is 7.98. The molecular formula is C21H25N3O3S3. The van der Waals surface area contributed by atoms with Crippen molar-refractivity contribution in [1.29, 1.82) is 0 Å². The number of sulfone groups is 1. The van der Waals surface area contributed by atoms with Gasteiger partial charge < -0.3 is 4.90 Å². The van der Waals surface area contributed by atoms with E-state index in [4.69, 9.17) is 0 Å². The monoisotopic (exact) mass is 463 g/mol. The molecule has 0 unspecified atom stereocenters. The largest absolute Gasteiger partial charge is 0.308 e. The minimum atomic E-state index is -3.30. The fourth-order valence-electron chi connectivity index (χ4n) is 2.88. The van der Waals surface area contributed by atoms with Gasteiger partial charge in [0.2, 0.25) is 5.91 Å². The summed E-state index contributed by atoms with van der Waals surface area (Å²) in [5, 5.41) is 0.586. The maximum atomic E-state index is 13.2. The number of thioether (sulfide) groups is 1. The zero-order valence-corrected chi connectivity index (χ0v) is 19.9. The predicted molar refractivity (Wildman–Crippen MR) is 126 cm³/mol. The van der Waals surface area contributed by atoms with Gasteiger partial charge in [0.25, 0.3) is 0 Å². The number of hydrogen-bond donors (Lipinski definition) is 0. The van der Waals surface area contributed by atoms with Crippen molar-refractivity contribution in [3.63, 3.8) is 0 Å². The number of nitrogens with zero attached hydrogens (tertiary/aromatic N) is 3. The fourth-order valence-corrected chi connectivity index (χ4v) is 5.06. The molecule has 0 aliphatic heterocycles. The Kier molecular flexibility index (Phi) is 7.18. The first-order valence-electron chi connectivity index (χ1n) is 9.36. The summed E-state index contributed by atoms with van der Waals surface area (Å²) in [5.74, 6) is -0.0313. The van der Waals surface area contributed by atoms with E-state index in [-0.39, 0.29) is 17.2 Å². The smallest absolute Gasteiger partial charge is 0.233 e. The molecule has 9 heteroatoms. The highest BCUT2D eigenvalue weighted by atomic mass is 32.2. The van der Waals surface area contributed by atoms with Crippen molar-refractivity contribution in [3.8, 4) is 0 Å². The van der Waals surface area contributed by atoms with Crippen LogP contribution in [0.15, 0.2) is 52.3 Å². The first-order chi connectivity index (χ1) is 14.2. The standard InChI is InChI=1S/C21H25N3O3S3/c1-23(2)11-12-24(20(25)13-15-5-7-16(28-3)8-6-15)21-22-18-10-9-17(30(4,26)27)14-19(18)29-21/h5-10,14H,11-13H2,1-4H3. The van der Waals surface area contributed by atoms with Gasteiger partial charge in [-0.3, -0.25) is 9.69 Å². The van der Waals surface area contributed by atoms with E-state index in [1.165, 1.54) is 17.6 Å². The third-order valence-corrected chi connectivity index (χ3v) is 7.49. The van der Waals surface area contributed by atoms with Crippen molar-refractivity contribution in [3.05, 3.63) is 48.0 Å². The van der Waals surface area contributed by atoms with Crippen molar-refractivity contribution in [2.45, 2.75) is 16.2 Å². The molecule has 0 aliphatic rings. The maximum Gasteiger partial charge on any atom is 0.233 e. The molecule has 0 saturated heterocycles. The van der Waals surface area contributed by atoms with Gasteiger partial charge in [-0.1, -0.05) is 23.5 Å². The Balaban J connectivity index is 1.90. The number of likely N-dealkylation sites (N-methyl/N-ethyl adjacent to an activating group) is 1. The van der Waals surface area contributed by atoms with E-state index in [0.717, 1.165) is 15.2 Å². The summed E-state index contributed by atoms with van der Waals surface area (Å²) >= 11 is 3.00. The van der Waals surface area contributed by atoms with Crippen LogP contribution in [0.3, 0.4) is 0 Å². The minimum Gasteiger partial charge on any atom is -0.308 e. The summed E-state index contributed by atoms with van der Waals surface area (Å²) in [5.41, 5.74) is 1.64. The molecule has 160 valence electrons. The van der Waals surface area contributed by atoms with Crippen LogP contribution in [0.2, 0.25) is 0 Å². The van der Waals surface area contributed by atoms with Crippen LogP contribution in [0.4, 0.5) is 5.13 Å². The normalized spacial score (nSPS) is 11.9. The lowest BCUT2D eigenvalue weighted by molar-refractivity contribution is -0.118. The zero-order chi connectivity index (χ0) is 21.9. The topological polar surface area (TPSA) is 70.6 Å². The maximum absolute atomic E-state index is 13.2. The Hall–Kier alpha value is -1.94. The van der Waals surface area contributed by atoms with Crippen LogP contribution in [0.1, 0.15) is 5.56 Å². The lowest BCUT2D eigenvalue weighted by Crippen LogP contribution is -2.37. The quantitative estimate of drug-likeness (QED) is 0.476. The van der Waals surface area contributed by atoms with E-state index >= 15 is 0 Å². The van der Waals surface area contributed by atoms with Crippen LogP contribution < -0.4 is 4.90 Å².